The quantitative estimate of drug-likeness (QED) is 0.650. The van der Waals surface area contributed by atoms with E-state index >= 15 is 0 Å². The molecule has 0 rings (SSSR count). The van der Waals surface area contributed by atoms with Crippen LogP contribution in [0.4, 0.5) is 0 Å². The molecule has 0 aliphatic carbocycles. The lowest BCUT2D eigenvalue weighted by atomic mass is 10.1. The van der Waals surface area contributed by atoms with Gasteiger partial charge in [0.2, 0.25) is 0 Å². The summed E-state index contributed by atoms with van der Waals surface area (Å²) in [6.45, 7) is 5.28. The average Bonchev–Trinajstić information content (AvgIpc) is 2.14. The molecular weight excluding hydrogens is 200 g/mol. The van der Waals surface area contributed by atoms with E-state index in [0.717, 1.165) is 12.8 Å². The highest BCUT2D eigenvalue weighted by molar-refractivity contribution is 5.72. The highest BCUT2D eigenvalue weighted by Gasteiger charge is 2.16. The van der Waals surface area contributed by atoms with Gasteiger partial charge in [-0.1, -0.05) is 27.2 Å². The SMILES string of the molecule is CC(C)C(O)C(=O)O.CCCCC(=O)O. The lowest BCUT2D eigenvalue weighted by Crippen LogP contribution is -2.25. The number of aliphatic hydroxyl groups excluding tert-OH is 1. The lowest BCUT2D eigenvalue weighted by molar-refractivity contribution is -0.148. The Hall–Kier alpha value is -1.10. The van der Waals surface area contributed by atoms with Gasteiger partial charge in [-0.3, -0.25) is 4.79 Å². The second kappa shape index (κ2) is 9.45. The number of aliphatic hydroxyl groups is 1. The van der Waals surface area contributed by atoms with E-state index in [1.807, 2.05) is 6.92 Å². The smallest absolute Gasteiger partial charge is 0.332 e. The lowest BCUT2D eigenvalue weighted by Gasteiger charge is -2.06. The fourth-order valence-electron chi connectivity index (χ4n) is 0.613. The standard InChI is InChI=1S/C5H10O3.C5H10O2/c1-3(2)4(6)5(7)8;1-2-3-4-5(6)7/h3-4,6H,1-2H3,(H,7,8);2-4H2,1H3,(H,6,7). The van der Waals surface area contributed by atoms with Crippen LogP contribution in [0.25, 0.3) is 0 Å². The summed E-state index contributed by atoms with van der Waals surface area (Å²) in [4.78, 5) is 19.6. The molecule has 0 aromatic rings. The normalized spacial score (nSPS) is 11.5. The Morgan fingerprint density at radius 1 is 1.20 bits per heavy atom. The van der Waals surface area contributed by atoms with Crippen molar-refractivity contribution in [1.82, 2.24) is 0 Å². The van der Waals surface area contributed by atoms with Crippen LogP contribution in [-0.2, 0) is 9.59 Å². The van der Waals surface area contributed by atoms with Crippen molar-refractivity contribution in [2.24, 2.45) is 5.92 Å². The van der Waals surface area contributed by atoms with E-state index in [9.17, 15) is 9.59 Å². The van der Waals surface area contributed by atoms with Crippen molar-refractivity contribution >= 4 is 11.9 Å². The summed E-state index contributed by atoms with van der Waals surface area (Å²) in [5.74, 6) is -2.05. The first kappa shape index (κ1) is 16.3. The van der Waals surface area contributed by atoms with Crippen LogP contribution in [0.15, 0.2) is 0 Å². The third-order valence-electron chi connectivity index (χ3n) is 1.63. The van der Waals surface area contributed by atoms with Gasteiger partial charge >= 0.3 is 11.9 Å². The molecule has 1 atom stereocenters. The highest BCUT2D eigenvalue weighted by Crippen LogP contribution is 1.99. The first-order valence-corrected chi connectivity index (χ1v) is 4.95. The Balaban J connectivity index is 0. The monoisotopic (exact) mass is 220 g/mol. The maximum absolute atomic E-state index is 9.89. The minimum Gasteiger partial charge on any atom is -0.481 e. The number of unbranched alkanes of at least 4 members (excludes halogenated alkanes) is 1. The summed E-state index contributed by atoms with van der Waals surface area (Å²) >= 11 is 0. The van der Waals surface area contributed by atoms with E-state index in [1.165, 1.54) is 0 Å². The number of carbonyl (C=O) groups is 2. The summed E-state index contributed by atoms with van der Waals surface area (Å²) in [6, 6.07) is 0. The molecule has 0 radical (unpaired) electrons. The van der Waals surface area contributed by atoms with Crippen molar-refractivity contribution in [2.75, 3.05) is 0 Å². The van der Waals surface area contributed by atoms with Crippen LogP contribution in [0.3, 0.4) is 0 Å². The third-order valence-corrected chi connectivity index (χ3v) is 1.63. The second-order valence-corrected chi connectivity index (χ2v) is 3.52. The van der Waals surface area contributed by atoms with Gasteiger partial charge < -0.3 is 15.3 Å². The van der Waals surface area contributed by atoms with Gasteiger partial charge in [-0.2, -0.15) is 0 Å². The number of rotatable bonds is 5. The Morgan fingerprint density at radius 3 is 1.73 bits per heavy atom. The van der Waals surface area contributed by atoms with Crippen LogP contribution in [0.2, 0.25) is 0 Å². The van der Waals surface area contributed by atoms with Gasteiger partial charge in [0.05, 0.1) is 0 Å². The van der Waals surface area contributed by atoms with Crippen LogP contribution in [0.5, 0.6) is 0 Å². The van der Waals surface area contributed by atoms with Crippen molar-refractivity contribution in [2.45, 2.75) is 46.1 Å². The number of hydrogen-bond donors (Lipinski definition) is 3. The zero-order valence-corrected chi connectivity index (χ0v) is 9.43. The molecule has 0 saturated carbocycles. The van der Waals surface area contributed by atoms with Crippen molar-refractivity contribution in [1.29, 1.82) is 0 Å². The molecule has 15 heavy (non-hydrogen) atoms. The minimum absolute atomic E-state index is 0.201. The Kier molecular flexibility index (Phi) is 10.3. The first-order chi connectivity index (χ1) is 6.82. The Bertz CT molecular complexity index is 188. The first-order valence-electron chi connectivity index (χ1n) is 4.95. The van der Waals surface area contributed by atoms with E-state index in [1.54, 1.807) is 13.8 Å². The molecule has 0 aliphatic heterocycles. The maximum atomic E-state index is 9.89. The van der Waals surface area contributed by atoms with Gasteiger partial charge in [0.15, 0.2) is 6.10 Å². The highest BCUT2D eigenvalue weighted by atomic mass is 16.4. The number of carboxylic acid groups (broad SMARTS) is 2. The van der Waals surface area contributed by atoms with Gasteiger partial charge in [-0.15, -0.1) is 0 Å². The average molecular weight is 220 g/mol. The molecule has 0 saturated heterocycles. The van der Waals surface area contributed by atoms with Gasteiger partial charge in [-0.25, -0.2) is 4.79 Å². The molecule has 0 spiro atoms. The van der Waals surface area contributed by atoms with Crippen LogP contribution < -0.4 is 0 Å². The third kappa shape index (κ3) is 12.9. The van der Waals surface area contributed by atoms with E-state index < -0.39 is 18.0 Å². The Morgan fingerprint density at radius 2 is 1.67 bits per heavy atom. The van der Waals surface area contributed by atoms with Crippen LogP contribution in [0.1, 0.15) is 40.0 Å². The zero-order chi connectivity index (χ0) is 12.4. The molecule has 5 heteroatoms. The molecule has 0 bridgehead atoms. The topological polar surface area (TPSA) is 94.8 Å². The molecule has 0 heterocycles. The van der Waals surface area contributed by atoms with Crippen molar-refractivity contribution in [3.63, 3.8) is 0 Å². The Labute approximate surface area is 89.7 Å². The summed E-state index contributed by atoms with van der Waals surface area (Å²) < 4.78 is 0. The number of hydrogen-bond acceptors (Lipinski definition) is 3. The molecule has 0 aromatic carbocycles. The summed E-state index contributed by atoms with van der Waals surface area (Å²) in [6.07, 6.45) is 0.869. The van der Waals surface area contributed by atoms with Crippen molar-refractivity contribution in [3.05, 3.63) is 0 Å². The molecular formula is C10H20O5. The van der Waals surface area contributed by atoms with Crippen LogP contribution in [0, 0.1) is 5.92 Å². The van der Waals surface area contributed by atoms with Gasteiger partial charge in [0.1, 0.15) is 0 Å². The molecule has 0 fully saturated rings. The fourth-order valence-corrected chi connectivity index (χ4v) is 0.613. The van der Waals surface area contributed by atoms with E-state index in [-0.39, 0.29) is 5.92 Å². The fraction of sp³-hybridized carbons (Fsp3) is 0.800. The predicted molar refractivity (Wildman–Crippen MR) is 55.6 cm³/mol. The summed E-state index contributed by atoms with van der Waals surface area (Å²) in [5.41, 5.74) is 0. The molecule has 3 N–H and O–H groups in total. The molecule has 0 aliphatic rings. The van der Waals surface area contributed by atoms with Crippen molar-refractivity contribution < 1.29 is 24.9 Å². The van der Waals surface area contributed by atoms with Crippen LogP contribution >= 0.6 is 0 Å². The van der Waals surface area contributed by atoms with E-state index in [0.29, 0.717) is 6.42 Å². The zero-order valence-electron chi connectivity index (χ0n) is 9.43. The summed E-state index contributed by atoms with van der Waals surface area (Å²) in [7, 11) is 0. The van der Waals surface area contributed by atoms with Gasteiger partial charge in [0, 0.05) is 6.42 Å². The molecule has 5 nitrogen and oxygen atoms in total. The van der Waals surface area contributed by atoms with Gasteiger partial charge in [-0.05, 0) is 12.3 Å². The van der Waals surface area contributed by atoms with Gasteiger partial charge in [0.25, 0.3) is 0 Å². The molecule has 0 amide bonds. The molecule has 1 unspecified atom stereocenters. The summed E-state index contributed by atoms with van der Waals surface area (Å²) in [5, 5.41) is 24.8. The van der Waals surface area contributed by atoms with Crippen molar-refractivity contribution in [3.8, 4) is 0 Å². The van der Waals surface area contributed by atoms with Crippen LogP contribution in [-0.4, -0.2) is 33.4 Å². The number of aliphatic carboxylic acids is 2. The largest absolute Gasteiger partial charge is 0.481 e. The maximum Gasteiger partial charge on any atom is 0.332 e. The minimum atomic E-state index is -1.21. The second-order valence-electron chi connectivity index (χ2n) is 3.52. The predicted octanol–water partition coefficient (Wildman–Crippen LogP) is 1.35. The number of carboxylic acids is 2. The molecule has 90 valence electrons. The van der Waals surface area contributed by atoms with E-state index in [2.05, 4.69) is 0 Å². The molecule has 0 aromatic heterocycles. The van der Waals surface area contributed by atoms with E-state index in [4.69, 9.17) is 15.3 Å².